The van der Waals surface area contributed by atoms with Gasteiger partial charge in [0.15, 0.2) is 5.78 Å². The lowest BCUT2D eigenvalue weighted by Gasteiger charge is -2.07. The van der Waals surface area contributed by atoms with E-state index in [0.29, 0.717) is 22.4 Å². The van der Waals surface area contributed by atoms with E-state index in [4.69, 9.17) is 0 Å². The maximum atomic E-state index is 12.7. The van der Waals surface area contributed by atoms with Crippen LogP contribution in [0.25, 0.3) is 20.8 Å². The third-order valence-corrected chi connectivity index (χ3v) is 6.19. The van der Waals surface area contributed by atoms with Crippen LogP contribution in [0.3, 0.4) is 0 Å². The summed E-state index contributed by atoms with van der Waals surface area (Å²) in [6, 6.07) is 31.5. The van der Waals surface area contributed by atoms with Crippen molar-refractivity contribution in [2.45, 2.75) is 0 Å². The van der Waals surface area contributed by atoms with E-state index >= 15 is 0 Å². The lowest BCUT2D eigenvalue weighted by Crippen LogP contribution is -2.12. The van der Waals surface area contributed by atoms with Crippen molar-refractivity contribution >= 4 is 38.9 Å². The SMILES string of the molecule is O=C(Nc1cccc(-c2nc3ccccc3s2)c1)c1ccc(C(=O)c2ccccc2)cc1. The Hall–Kier alpha value is -4.09. The van der Waals surface area contributed by atoms with E-state index in [0.717, 1.165) is 20.8 Å². The molecule has 0 spiro atoms. The third-order valence-electron chi connectivity index (χ3n) is 5.11. The smallest absolute Gasteiger partial charge is 0.255 e. The Labute approximate surface area is 189 Å². The lowest BCUT2D eigenvalue weighted by atomic mass is 10.0. The number of carbonyl (C=O) groups excluding carboxylic acids is 2. The fraction of sp³-hybridized carbons (Fsp3) is 0. The highest BCUT2D eigenvalue weighted by molar-refractivity contribution is 7.21. The molecule has 0 aliphatic rings. The number of amides is 1. The summed E-state index contributed by atoms with van der Waals surface area (Å²) in [6.45, 7) is 0. The molecule has 0 unspecified atom stereocenters. The van der Waals surface area contributed by atoms with Crippen molar-refractivity contribution in [2.75, 3.05) is 5.32 Å². The Bertz CT molecular complexity index is 1390. The maximum absolute atomic E-state index is 12.7. The zero-order valence-electron chi connectivity index (χ0n) is 17.0. The number of nitrogens with one attached hydrogen (secondary N) is 1. The van der Waals surface area contributed by atoms with E-state index in [9.17, 15) is 9.59 Å². The monoisotopic (exact) mass is 434 g/mol. The predicted molar refractivity (Wildman–Crippen MR) is 129 cm³/mol. The molecule has 0 atom stereocenters. The quantitative estimate of drug-likeness (QED) is 0.324. The van der Waals surface area contributed by atoms with E-state index in [-0.39, 0.29) is 11.7 Å². The summed E-state index contributed by atoms with van der Waals surface area (Å²) < 4.78 is 1.13. The minimum atomic E-state index is -0.231. The van der Waals surface area contributed by atoms with Gasteiger partial charge >= 0.3 is 0 Å². The molecule has 5 heteroatoms. The highest BCUT2D eigenvalue weighted by atomic mass is 32.1. The summed E-state index contributed by atoms with van der Waals surface area (Å²) in [4.78, 5) is 30.0. The normalized spacial score (nSPS) is 10.8. The molecule has 4 aromatic carbocycles. The molecule has 0 saturated carbocycles. The Kier molecular flexibility index (Phi) is 5.32. The average molecular weight is 435 g/mol. The Balaban J connectivity index is 1.33. The van der Waals surface area contributed by atoms with Crippen LogP contribution in [0.5, 0.6) is 0 Å². The Morgan fingerprint density at radius 2 is 1.38 bits per heavy atom. The Morgan fingerprint density at radius 3 is 2.16 bits per heavy atom. The van der Waals surface area contributed by atoms with E-state index in [2.05, 4.69) is 10.3 Å². The van der Waals surface area contributed by atoms with Gasteiger partial charge in [-0.05, 0) is 36.4 Å². The molecule has 0 bridgehead atoms. The first kappa shape index (κ1) is 19.8. The van der Waals surface area contributed by atoms with Gasteiger partial charge in [-0.3, -0.25) is 9.59 Å². The molecule has 0 aliphatic carbocycles. The number of carbonyl (C=O) groups is 2. The fourth-order valence-corrected chi connectivity index (χ4v) is 4.42. The van der Waals surface area contributed by atoms with Crippen LogP contribution in [-0.2, 0) is 0 Å². The number of aromatic nitrogens is 1. The topological polar surface area (TPSA) is 59.1 Å². The van der Waals surface area contributed by atoms with Crippen molar-refractivity contribution < 1.29 is 9.59 Å². The van der Waals surface area contributed by atoms with Crippen LogP contribution >= 0.6 is 11.3 Å². The fourth-order valence-electron chi connectivity index (χ4n) is 3.46. The van der Waals surface area contributed by atoms with Crippen LogP contribution in [0.2, 0.25) is 0 Å². The number of hydrogen-bond donors (Lipinski definition) is 1. The zero-order chi connectivity index (χ0) is 21.9. The van der Waals surface area contributed by atoms with Crippen molar-refractivity contribution in [1.82, 2.24) is 4.98 Å². The van der Waals surface area contributed by atoms with Crippen LogP contribution < -0.4 is 5.32 Å². The first-order chi connectivity index (χ1) is 15.7. The van der Waals surface area contributed by atoms with Crippen molar-refractivity contribution in [3.8, 4) is 10.6 Å². The highest BCUT2D eigenvalue weighted by Crippen LogP contribution is 2.31. The van der Waals surface area contributed by atoms with Crippen molar-refractivity contribution in [3.05, 3.63) is 120 Å². The van der Waals surface area contributed by atoms with Crippen LogP contribution in [0.1, 0.15) is 26.3 Å². The Morgan fingerprint density at radius 1 is 0.688 bits per heavy atom. The lowest BCUT2D eigenvalue weighted by molar-refractivity contribution is 0.102. The summed E-state index contributed by atoms with van der Waals surface area (Å²) in [5, 5.41) is 3.84. The van der Waals surface area contributed by atoms with Crippen molar-refractivity contribution in [2.24, 2.45) is 0 Å². The number of ketones is 1. The molecule has 32 heavy (non-hydrogen) atoms. The summed E-state index contributed by atoms with van der Waals surface area (Å²) in [5.74, 6) is -0.300. The van der Waals surface area contributed by atoms with Gasteiger partial charge in [0, 0.05) is 27.9 Å². The predicted octanol–water partition coefficient (Wildman–Crippen LogP) is 6.45. The molecule has 5 aromatic rings. The molecule has 1 aromatic heterocycles. The summed E-state index contributed by atoms with van der Waals surface area (Å²) in [6.07, 6.45) is 0. The van der Waals surface area contributed by atoms with Gasteiger partial charge < -0.3 is 5.32 Å². The molecular weight excluding hydrogens is 416 g/mol. The number of rotatable bonds is 5. The molecule has 1 N–H and O–H groups in total. The summed E-state index contributed by atoms with van der Waals surface area (Å²) in [7, 11) is 0. The van der Waals surface area contributed by atoms with Crippen LogP contribution in [0.4, 0.5) is 5.69 Å². The number of fused-ring (bicyclic) bond motifs is 1. The maximum Gasteiger partial charge on any atom is 0.255 e. The molecule has 1 heterocycles. The second-order valence-electron chi connectivity index (χ2n) is 7.29. The van der Waals surface area contributed by atoms with Crippen LogP contribution in [0.15, 0.2) is 103 Å². The second-order valence-corrected chi connectivity index (χ2v) is 8.32. The average Bonchev–Trinajstić information content (AvgIpc) is 3.29. The molecule has 1 amide bonds. The minimum absolute atomic E-state index is 0.0684. The summed E-state index contributed by atoms with van der Waals surface area (Å²) >= 11 is 1.62. The number of nitrogens with zero attached hydrogens (tertiary/aromatic N) is 1. The van der Waals surface area contributed by atoms with Crippen molar-refractivity contribution in [1.29, 1.82) is 0 Å². The minimum Gasteiger partial charge on any atom is -0.322 e. The van der Waals surface area contributed by atoms with Crippen LogP contribution in [-0.4, -0.2) is 16.7 Å². The third kappa shape index (κ3) is 4.06. The van der Waals surface area contributed by atoms with Gasteiger partial charge in [-0.2, -0.15) is 0 Å². The summed E-state index contributed by atoms with van der Waals surface area (Å²) in [5.41, 5.74) is 4.26. The van der Waals surface area contributed by atoms with Gasteiger partial charge in [-0.25, -0.2) is 4.98 Å². The molecule has 0 radical (unpaired) electrons. The van der Waals surface area contributed by atoms with Crippen LogP contribution in [0, 0.1) is 0 Å². The van der Waals surface area contributed by atoms with Gasteiger partial charge in [0.2, 0.25) is 0 Å². The first-order valence-electron chi connectivity index (χ1n) is 10.1. The van der Waals surface area contributed by atoms with Gasteiger partial charge in [0.25, 0.3) is 5.91 Å². The standard InChI is InChI=1S/C27H18N2O2S/c30-25(18-7-2-1-3-8-18)19-13-15-20(16-14-19)26(31)28-22-10-6-9-21(17-22)27-29-23-11-4-5-12-24(23)32-27/h1-17H,(H,28,31). The molecule has 0 fully saturated rings. The number of benzene rings is 4. The number of hydrogen-bond acceptors (Lipinski definition) is 4. The first-order valence-corrected chi connectivity index (χ1v) is 11.0. The molecule has 5 rings (SSSR count). The molecule has 4 nitrogen and oxygen atoms in total. The van der Waals surface area contributed by atoms with E-state index in [1.807, 2.05) is 66.7 Å². The van der Waals surface area contributed by atoms with Gasteiger partial charge in [-0.1, -0.05) is 66.7 Å². The van der Waals surface area contributed by atoms with Gasteiger partial charge in [0.1, 0.15) is 5.01 Å². The largest absolute Gasteiger partial charge is 0.322 e. The molecular formula is C27H18N2O2S. The van der Waals surface area contributed by atoms with E-state index in [1.54, 1.807) is 47.7 Å². The molecule has 0 saturated heterocycles. The van der Waals surface area contributed by atoms with E-state index < -0.39 is 0 Å². The second kappa shape index (κ2) is 8.57. The zero-order valence-corrected chi connectivity index (χ0v) is 17.8. The highest BCUT2D eigenvalue weighted by Gasteiger charge is 2.12. The molecule has 0 aliphatic heterocycles. The van der Waals surface area contributed by atoms with Crippen molar-refractivity contribution in [3.63, 3.8) is 0 Å². The van der Waals surface area contributed by atoms with E-state index in [1.165, 1.54) is 0 Å². The number of para-hydroxylation sites is 1. The number of anilines is 1. The number of thiazole rings is 1. The van der Waals surface area contributed by atoms with Gasteiger partial charge in [0.05, 0.1) is 10.2 Å². The van der Waals surface area contributed by atoms with Gasteiger partial charge in [-0.15, -0.1) is 11.3 Å². The molecule has 154 valence electrons.